The average molecular weight is 376 g/mol. The lowest BCUT2D eigenvalue weighted by Crippen LogP contribution is -2.38. The molecule has 1 N–H and O–H groups in total. The minimum absolute atomic E-state index is 0.000956. The van der Waals surface area contributed by atoms with Gasteiger partial charge in [0.05, 0.1) is 25.8 Å². The molecule has 0 saturated carbocycles. The number of hydrogen-bond donors (Lipinski definition) is 1. The second kappa shape index (κ2) is 9.04. The zero-order valence-electron chi connectivity index (χ0n) is 16.1. The van der Waals surface area contributed by atoms with Crippen molar-refractivity contribution in [3.63, 3.8) is 0 Å². The van der Waals surface area contributed by atoms with Crippen molar-refractivity contribution in [1.82, 2.24) is 4.90 Å². The first-order chi connectivity index (χ1) is 13.6. The zero-order chi connectivity index (χ0) is 19.9. The highest BCUT2D eigenvalue weighted by atomic mass is 16.5. The fraction of sp³-hybridized carbons (Fsp3) is 0.217. The predicted molar refractivity (Wildman–Crippen MR) is 112 cm³/mol. The van der Waals surface area contributed by atoms with Crippen LogP contribution in [0.25, 0.3) is 10.8 Å². The molecule has 0 unspecified atom stereocenters. The summed E-state index contributed by atoms with van der Waals surface area (Å²) in [6.07, 6.45) is 0.264. The van der Waals surface area contributed by atoms with Crippen molar-refractivity contribution in [2.24, 2.45) is 0 Å². The molecule has 0 atom stereocenters. The van der Waals surface area contributed by atoms with E-state index in [1.807, 2.05) is 61.5 Å². The number of nitrogens with zero attached hydrogens (tertiary/aromatic N) is 1. The van der Waals surface area contributed by atoms with Crippen molar-refractivity contribution in [2.45, 2.75) is 13.3 Å². The van der Waals surface area contributed by atoms with Crippen LogP contribution >= 0.6 is 0 Å². The minimum Gasteiger partial charge on any atom is -0.495 e. The summed E-state index contributed by atoms with van der Waals surface area (Å²) in [5.41, 5.74) is 1.53. The first-order valence-corrected chi connectivity index (χ1v) is 9.29. The quantitative estimate of drug-likeness (QED) is 0.681. The van der Waals surface area contributed by atoms with Gasteiger partial charge in [0.2, 0.25) is 11.8 Å². The number of benzene rings is 3. The zero-order valence-corrected chi connectivity index (χ0v) is 16.1. The molecule has 0 radical (unpaired) electrons. The van der Waals surface area contributed by atoms with Crippen molar-refractivity contribution < 1.29 is 14.3 Å². The normalized spacial score (nSPS) is 10.5. The number of amides is 2. The van der Waals surface area contributed by atoms with Crippen LogP contribution in [0.4, 0.5) is 5.69 Å². The molecule has 2 amide bonds. The van der Waals surface area contributed by atoms with E-state index in [0.29, 0.717) is 18.0 Å². The van der Waals surface area contributed by atoms with Crippen LogP contribution < -0.4 is 10.1 Å². The van der Waals surface area contributed by atoms with Gasteiger partial charge >= 0.3 is 0 Å². The molecule has 3 aromatic carbocycles. The Bertz CT molecular complexity index is 984. The topological polar surface area (TPSA) is 58.6 Å². The Labute approximate surface area is 164 Å². The molecule has 3 aromatic rings. The number of carbonyl (C=O) groups is 2. The number of methoxy groups -OCH3 is 1. The molecule has 0 spiro atoms. The molecule has 0 aliphatic heterocycles. The number of nitrogens with one attached hydrogen (secondary N) is 1. The maximum absolute atomic E-state index is 12.7. The summed E-state index contributed by atoms with van der Waals surface area (Å²) < 4.78 is 5.24. The molecule has 0 heterocycles. The molecule has 0 fully saturated rings. The van der Waals surface area contributed by atoms with Gasteiger partial charge in [-0.1, -0.05) is 54.6 Å². The highest BCUT2D eigenvalue weighted by molar-refractivity contribution is 5.96. The van der Waals surface area contributed by atoms with Crippen LogP contribution in [0.5, 0.6) is 5.75 Å². The molecular formula is C23H24N2O3. The summed E-state index contributed by atoms with van der Waals surface area (Å²) >= 11 is 0. The molecule has 5 nitrogen and oxygen atoms in total. The van der Waals surface area contributed by atoms with Gasteiger partial charge in [0, 0.05) is 6.54 Å². The van der Waals surface area contributed by atoms with Gasteiger partial charge in [0.15, 0.2) is 0 Å². The highest BCUT2D eigenvalue weighted by Gasteiger charge is 2.17. The fourth-order valence-electron chi connectivity index (χ4n) is 3.12. The van der Waals surface area contributed by atoms with Gasteiger partial charge in [-0.3, -0.25) is 9.59 Å². The SMILES string of the molecule is CCN(CC(=O)Nc1ccccc1OC)C(=O)Cc1ccc2ccccc2c1. The summed E-state index contributed by atoms with van der Waals surface area (Å²) in [6, 6.07) is 21.2. The second-order valence-corrected chi connectivity index (χ2v) is 6.51. The number of para-hydroxylation sites is 2. The molecule has 28 heavy (non-hydrogen) atoms. The summed E-state index contributed by atoms with van der Waals surface area (Å²) in [5, 5.41) is 5.05. The molecule has 0 aliphatic rings. The number of ether oxygens (including phenoxy) is 1. The van der Waals surface area contributed by atoms with E-state index >= 15 is 0 Å². The third-order valence-corrected chi connectivity index (χ3v) is 4.62. The second-order valence-electron chi connectivity index (χ2n) is 6.51. The lowest BCUT2D eigenvalue weighted by molar-refractivity contribution is -0.133. The number of fused-ring (bicyclic) bond motifs is 1. The number of rotatable bonds is 7. The maximum Gasteiger partial charge on any atom is 0.244 e. The van der Waals surface area contributed by atoms with E-state index < -0.39 is 0 Å². The molecule has 3 rings (SSSR count). The van der Waals surface area contributed by atoms with Gasteiger partial charge in [-0.25, -0.2) is 0 Å². The number of anilines is 1. The average Bonchev–Trinajstić information content (AvgIpc) is 2.72. The standard InChI is InChI=1S/C23H24N2O3/c1-3-25(16-22(26)24-20-10-6-7-11-21(20)28-2)23(27)15-17-12-13-18-8-4-5-9-19(18)14-17/h4-14H,3,15-16H2,1-2H3,(H,24,26). The molecule has 5 heteroatoms. The fourth-order valence-corrected chi connectivity index (χ4v) is 3.12. The Morgan fingerprint density at radius 1 is 0.964 bits per heavy atom. The summed E-state index contributed by atoms with van der Waals surface area (Å²) in [6.45, 7) is 2.33. The Kier molecular flexibility index (Phi) is 6.27. The minimum atomic E-state index is -0.252. The summed E-state index contributed by atoms with van der Waals surface area (Å²) in [7, 11) is 1.55. The van der Waals surface area contributed by atoms with Gasteiger partial charge in [0.1, 0.15) is 5.75 Å². The van der Waals surface area contributed by atoms with Crippen molar-refractivity contribution in [3.05, 3.63) is 72.3 Å². The van der Waals surface area contributed by atoms with Gasteiger partial charge < -0.3 is 15.0 Å². The van der Waals surface area contributed by atoms with Crippen molar-refractivity contribution in [3.8, 4) is 5.75 Å². The largest absolute Gasteiger partial charge is 0.495 e. The van der Waals surface area contributed by atoms with Crippen molar-refractivity contribution in [2.75, 3.05) is 25.5 Å². The van der Waals surface area contributed by atoms with Crippen LogP contribution in [0.15, 0.2) is 66.7 Å². The third-order valence-electron chi connectivity index (χ3n) is 4.62. The van der Waals surface area contributed by atoms with E-state index in [2.05, 4.69) is 5.32 Å². The van der Waals surface area contributed by atoms with E-state index in [-0.39, 0.29) is 24.8 Å². The molecule has 0 aromatic heterocycles. The van der Waals surface area contributed by atoms with E-state index in [1.54, 1.807) is 24.1 Å². The number of carbonyl (C=O) groups excluding carboxylic acids is 2. The Morgan fingerprint density at radius 3 is 2.43 bits per heavy atom. The lowest BCUT2D eigenvalue weighted by atomic mass is 10.0. The Hall–Kier alpha value is -3.34. The molecule has 144 valence electrons. The van der Waals surface area contributed by atoms with E-state index in [0.717, 1.165) is 16.3 Å². The molecular weight excluding hydrogens is 352 g/mol. The smallest absolute Gasteiger partial charge is 0.244 e. The van der Waals surface area contributed by atoms with Crippen LogP contribution in [-0.4, -0.2) is 36.9 Å². The van der Waals surface area contributed by atoms with Crippen molar-refractivity contribution in [1.29, 1.82) is 0 Å². The van der Waals surface area contributed by atoms with E-state index in [9.17, 15) is 9.59 Å². The molecule has 0 saturated heterocycles. The van der Waals surface area contributed by atoms with Crippen LogP contribution in [-0.2, 0) is 16.0 Å². The summed E-state index contributed by atoms with van der Waals surface area (Å²) in [5.74, 6) is 0.257. The lowest BCUT2D eigenvalue weighted by Gasteiger charge is -2.21. The summed E-state index contributed by atoms with van der Waals surface area (Å²) in [4.78, 5) is 26.7. The number of likely N-dealkylation sites (N-methyl/N-ethyl adjacent to an activating group) is 1. The highest BCUT2D eigenvalue weighted by Crippen LogP contribution is 2.23. The van der Waals surface area contributed by atoms with Gasteiger partial charge in [-0.15, -0.1) is 0 Å². The van der Waals surface area contributed by atoms with Gasteiger partial charge in [-0.05, 0) is 35.4 Å². The predicted octanol–water partition coefficient (Wildman–Crippen LogP) is 3.88. The monoisotopic (exact) mass is 376 g/mol. The first-order valence-electron chi connectivity index (χ1n) is 9.29. The van der Waals surface area contributed by atoms with Gasteiger partial charge in [0.25, 0.3) is 0 Å². The molecule has 0 aliphatic carbocycles. The van der Waals surface area contributed by atoms with E-state index in [1.165, 1.54) is 0 Å². The van der Waals surface area contributed by atoms with E-state index in [4.69, 9.17) is 4.74 Å². The first kappa shape index (κ1) is 19.4. The van der Waals surface area contributed by atoms with Crippen molar-refractivity contribution >= 4 is 28.3 Å². The van der Waals surface area contributed by atoms with Crippen LogP contribution in [0.2, 0.25) is 0 Å². The molecule has 0 bridgehead atoms. The van der Waals surface area contributed by atoms with Crippen LogP contribution in [0, 0.1) is 0 Å². The third kappa shape index (κ3) is 4.68. The van der Waals surface area contributed by atoms with Gasteiger partial charge in [-0.2, -0.15) is 0 Å². The Balaban J connectivity index is 1.64. The maximum atomic E-state index is 12.7. The Morgan fingerprint density at radius 2 is 1.68 bits per heavy atom. The van der Waals surface area contributed by atoms with Crippen LogP contribution in [0.1, 0.15) is 12.5 Å². The number of hydrogen-bond acceptors (Lipinski definition) is 3. The van der Waals surface area contributed by atoms with Crippen LogP contribution in [0.3, 0.4) is 0 Å².